The van der Waals surface area contributed by atoms with Crippen molar-refractivity contribution in [3.8, 4) is 0 Å². The monoisotopic (exact) mass is 290 g/mol. The first-order chi connectivity index (χ1) is 10.8. The molecule has 1 aliphatic heterocycles. The van der Waals surface area contributed by atoms with Crippen LogP contribution in [0.3, 0.4) is 0 Å². The van der Waals surface area contributed by atoms with Gasteiger partial charge in [0.1, 0.15) is 0 Å². The zero-order valence-corrected chi connectivity index (χ0v) is 12.2. The first-order valence-electron chi connectivity index (χ1n) is 7.31. The lowest BCUT2D eigenvalue weighted by Crippen LogP contribution is -2.20. The van der Waals surface area contributed by atoms with Gasteiger partial charge in [-0.05, 0) is 40.5 Å². The van der Waals surface area contributed by atoms with E-state index in [1.54, 1.807) is 0 Å². The summed E-state index contributed by atoms with van der Waals surface area (Å²) in [5.74, 6) is -0.357. The molecule has 3 heteroatoms. The van der Waals surface area contributed by atoms with Gasteiger partial charge in [-0.2, -0.15) is 0 Å². The Hall–Kier alpha value is -2.81. The van der Waals surface area contributed by atoms with E-state index >= 15 is 0 Å². The van der Waals surface area contributed by atoms with Gasteiger partial charge >= 0.3 is 0 Å². The van der Waals surface area contributed by atoms with Crippen LogP contribution in [0.5, 0.6) is 0 Å². The van der Waals surface area contributed by atoms with Crippen LogP contribution in [-0.2, 0) is 11.2 Å². The second kappa shape index (κ2) is 6.31. The van der Waals surface area contributed by atoms with Crippen molar-refractivity contribution in [2.75, 3.05) is 0 Å². The first kappa shape index (κ1) is 14.1. The summed E-state index contributed by atoms with van der Waals surface area (Å²) in [6.07, 6.45) is 12.3. The fraction of sp³-hybridized carbons (Fsp3) is 0.105. The molecular weight excluding hydrogens is 272 g/mol. The highest BCUT2D eigenvalue weighted by Gasteiger charge is 2.27. The summed E-state index contributed by atoms with van der Waals surface area (Å²) in [6, 6.07) is 12.3. The molecule has 1 aliphatic carbocycles. The minimum absolute atomic E-state index is 0.133. The Morgan fingerprint density at radius 2 is 1.68 bits per heavy atom. The lowest BCUT2D eigenvalue weighted by molar-refractivity contribution is -0.119. The number of hydrogen-bond donors (Lipinski definition) is 2. The zero-order valence-electron chi connectivity index (χ0n) is 12.2. The molecule has 3 N–H and O–H groups in total. The minimum atomic E-state index is -0.223. The van der Waals surface area contributed by atoms with Gasteiger partial charge in [-0.15, -0.1) is 0 Å². The van der Waals surface area contributed by atoms with Gasteiger partial charge < -0.3 is 11.1 Å². The Morgan fingerprint density at radius 3 is 2.36 bits per heavy atom. The van der Waals surface area contributed by atoms with Crippen molar-refractivity contribution < 1.29 is 4.79 Å². The topological polar surface area (TPSA) is 55.1 Å². The number of primary amides is 1. The Morgan fingerprint density at radius 1 is 1.00 bits per heavy atom. The van der Waals surface area contributed by atoms with Crippen LogP contribution in [0.4, 0.5) is 0 Å². The van der Waals surface area contributed by atoms with Gasteiger partial charge in [-0.25, -0.2) is 0 Å². The summed E-state index contributed by atoms with van der Waals surface area (Å²) in [4.78, 5) is 11.3. The lowest BCUT2D eigenvalue weighted by Gasteiger charge is -2.05. The predicted octanol–water partition coefficient (Wildman–Crippen LogP) is 3.14. The summed E-state index contributed by atoms with van der Waals surface area (Å²) in [6.45, 7) is 0. The van der Waals surface area contributed by atoms with E-state index in [-0.39, 0.29) is 11.8 Å². The zero-order chi connectivity index (χ0) is 15.4. The van der Waals surface area contributed by atoms with E-state index in [2.05, 4.69) is 23.5 Å². The van der Waals surface area contributed by atoms with Crippen molar-refractivity contribution >= 4 is 16.7 Å². The van der Waals surface area contributed by atoms with E-state index in [9.17, 15) is 4.79 Å². The standard InChI is InChI=1S/C13H11NO.C6H7N/c14-13(15)11-7-9-5-1-3-8-4-2-6-10(11)12(8)9;1-2-4-6-7-5-3-1/h1-6,11H,7H2,(H2,14,15);1-7H. The fourth-order valence-electron chi connectivity index (χ4n) is 2.90. The third-order valence-electron chi connectivity index (χ3n) is 3.88. The van der Waals surface area contributed by atoms with Gasteiger partial charge in [0.15, 0.2) is 0 Å². The molecule has 110 valence electrons. The summed E-state index contributed by atoms with van der Waals surface area (Å²) >= 11 is 0. The van der Waals surface area contributed by atoms with E-state index in [0.29, 0.717) is 0 Å². The second-order valence-corrected chi connectivity index (χ2v) is 5.29. The van der Waals surface area contributed by atoms with Crippen LogP contribution in [0.1, 0.15) is 17.0 Å². The number of benzene rings is 2. The van der Waals surface area contributed by atoms with Crippen molar-refractivity contribution in [3.63, 3.8) is 0 Å². The Bertz CT molecular complexity index is 768. The number of nitrogens with two attached hydrogens (primary N) is 1. The maximum absolute atomic E-state index is 11.3. The molecule has 2 aromatic carbocycles. The molecule has 1 atom stereocenters. The average molecular weight is 290 g/mol. The molecule has 2 aliphatic rings. The SMILES string of the molecule is C1=CC=CNC=C1.NC(=O)C1Cc2cccc3cccc1c23. The summed E-state index contributed by atoms with van der Waals surface area (Å²) < 4.78 is 0. The molecule has 4 rings (SSSR count). The molecule has 0 radical (unpaired) electrons. The number of nitrogens with one attached hydrogen (secondary N) is 1. The van der Waals surface area contributed by atoms with Crippen LogP contribution in [0.15, 0.2) is 73.1 Å². The molecule has 0 aromatic heterocycles. The van der Waals surface area contributed by atoms with Crippen molar-refractivity contribution in [1.82, 2.24) is 5.32 Å². The highest BCUT2D eigenvalue weighted by molar-refractivity contribution is 5.97. The predicted molar refractivity (Wildman–Crippen MR) is 90.1 cm³/mol. The molecule has 0 saturated heterocycles. The van der Waals surface area contributed by atoms with Gasteiger partial charge in [-0.1, -0.05) is 48.6 Å². The molecule has 1 unspecified atom stereocenters. The molecule has 3 nitrogen and oxygen atoms in total. The largest absolute Gasteiger partial charge is 0.369 e. The molecule has 2 aromatic rings. The van der Waals surface area contributed by atoms with Gasteiger partial charge in [-0.3, -0.25) is 4.79 Å². The molecule has 0 fully saturated rings. The number of allylic oxidation sites excluding steroid dienone is 4. The van der Waals surface area contributed by atoms with Crippen molar-refractivity contribution in [2.45, 2.75) is 12.3 Å². The number of carbonyl (C=O) groups is 1. The van der Waals surface area contributed by atoms with Crippen LogP contribution in [0, 0.1) is 0 Å². The summed E-state index contributed by atoms with van der Waals surface area (Å²) in [7, 11) is 0. The summed E-state index contributed by atoms with van der Waals surface area (Å²) in [5.41, 5.74) is 7.75. The Balaban J connectivity index is 0.000000174. The maximum Gasteiger partial charge on any atom is 0.225 e. The normalized spacial score (nSPS) is 17.5. The molecule has 1 heterocycles. The maximum atomic E-state index is 11.3. The smallest absolute Gasteiger partial charge is 0.225 e. The quantitative estimate of drug-likeness (QED) is 0.847. The summed E-state index contributed by atoms with van der Waals surface area (Å²) in [5, 5.41) is 5.35. The molecule has 0 spiro atoms. The second-order valence-electron chi connectivity index (χ2n) is 5.29. The van der Waals surface area contributed by atoms with Gasteiger partial charge in [0.25, 0.3) is 0 Å². The van der Waals surface area contributed by atoms with E-state index < -0.39 is 0 Å². The lowest BCUT2D eigenvalue weighted by atomic mass is 10.00. The van der Waals surface area contributed by atoms with Crippen LogP contribution >= 0.6 is 0 Å². The van der Waals surface area contributed by atoms with Crippen molar-refractivity contribution in [2.24, 2.45) is 5.73 Å². The van der Waals surface area contributed by atoms with E-state index in [1.165, 1.54) is 16.3 Å². The van der Waals surface area contributed by atoms with Crippen LogP contribution < -0.4 is 11.1 Å². The number of hydrogen-bond acceptors (Lipinski definition) is 2. The van der Waals surface area contributed by atoms with Crippen molar-refractivity contribution in [3.05, 3.63) is 84.2 Å². The third-order valence-corrected chi connectivity index (χ3v) is 3.88. The fourth-order valence-corrected chi connectivity index (χ4v) is 2.90. The Kier molecular flexibility index (Phi) is 4.05. The van der Waals surface area contributed by atoms with Crippen LogP contribution in [-0.4, -0.2) is 5.91 Å². The average Bonchev–Trinajstić information content (AvgIpc) is 2.73. The molecule has 22 heavy (non-hydrogen) atoms. The Labute approximate surface area is 129 Å². The van der Waals surface area contributed by atoms with Crippen LogP contribution in [0.2, 0.25) is 0 Å². The van der Waals surface area contributed by atoms with E-state index in [1.807, 2.05) is 54.9 Å². The molecule has 0 saturated carbocycles. The number of carbonyl (C=O) groups excluding carboxylic acids is 1. The van der Waals surface area contributed by atoms with E-state index in [0.717, 1.165) is 12.0 Å². The molecular formula is C19H18N2O. The molecule has 0 bridgehead atoms. The van der Waals surface area contributed by atoms with Gasteiger partial charge in [0.05, 0.1) is 5.92 Å². The number of rotatable bonds is 1. The molecule has 1 amide bonds. The van der Waals surface area contributed by atoms with E-state index in [4.69, 9.17) is 5.73 Å². The minimum Gasteiger partial charge on any atom is -0.369 e. The highest BCUT2D eigenvalue weighted by atomic mass is 16.1. The van der Waals surface area contributed by atoms with Gasteiger partial charge in [0.2, 0.25) is 5.91 Å². The highest BCUT2D eigenvalue weighted by Crippen LogP contribution is 2.37. The van der Waals surface area contributed by atoms with Crippen LogP contribution in [0.25, 0.3) is 10.8 Å². The third kappa shape index (κ3) is 2.79. The first-order valence-corrected chi connectivity index (χ1v) is 7.31. The van der Waals surface area contributed by atoms with Crippen molar-refractivity contribution in [1.29, 1.82) is 0 Å². The number of amides is 1. The van der Waals surface area contributed by atoms with Gasteiger partial charge in [0, 0.05) is 12.4 Å².